The third kappa shape index (κ3) is 39.5. The maximum Gasteiger partial charge on any atom is 0.306 e. The van der Waals surface area contributed by atoms with Crippen molar-refractivity contribution >= 4 is 17.9 Å². The number of unbranched alkanes of at least 4 members (excludes halogenated alkanes) is 24. The molecule has 0 spiro atoms. The average Bonchev–Trinajstić information content (AvgIpc) is 3.09. The van der Waals surface area contributed by atoms with Crippen molar-refractivity contribution < 1.29 is 28.6 Å². The molecule has 0 saturated carbocycles. The summed E-state index contributed by atoms with van der Waals surface area (Å²) < 4.78 is 16.7. The Balaban J connectivity index is 4.27. The van der Waals surface area contributed by atoms with Gasteiger partial charge in [-0.2, -0.15) is 0 Å². The molecule has 0 rings (SSSR count). The topological polar surface area (TPSA) is 78.9 Å². The second kappa shape index (κ2) is 38.1. The molecule has 0 aliphatic rings. The Morgan fingerprint density at radius 1 is 0.373 bits per heavy atom. The van der Waals surface area contributed by atoms with Crippen molar-refractivity contribution in [3.63, 3.8) is 0 Å². The maximum absolute atomic E-state index is 12.6. The van der Waals surface area contributed by atoms with Gasteiger partial charge in [0.15, 0.2) is 6.10 Å². The van der Waals surface area contributed by atoms with Gasteiger partial charge in [-0.3, -0.25) is 14.4 Å². The molecule has 6 heteroatoms. The highest BCUT2D eigenvalue weighted by Crippen LogP contribution is 2.16. The summed E-state index contributed by atoms with van der Waals surface area (Å²) in [7, 11) is 0. The van der Waals surface area contributed by atoms with Crippen LogP contribution < -0.4 is 0 Å². The van der Waals surface area contributed by atoms with Gasteiger partial charge in [0.1, 0.15) is 13.2 Å². The van der Waals surface area contributed by atoms with Crippen molar-refractivity contribution in [3.8, 4) is 0 Å². The van der Waals surface area contributed by atoms with Crippen molar-refractivity contribution in [2.24, 2.45) is 11.8 Å². The molecular formula is C45H86O6. The van der Waals surface area contributed by atoms with E-state index in [-0.39, 0.29) is 31.1 Å². The summed E-state index contributed by atoms with van der Waals surface area (Å²) >= 11 is 0. The van der Waals surface area contributed by atoms with Gasteiger partial charge in [-0.25, -0.2) is 0 Å². The van der Waals surface area contributed by atoms with Crippen molar-refractivity contribution in [1.82, 2.24) is 0 Å². The van der Waals surface area contributed by atoms with Crippen LogP contribution in [0.15, 0.2) is 0 Å². The third-order valence-corrected chi connectivity index (χ3v) is 9.97. The predicted octanol–water partition coefficient (Wildman–Crippen LogP) is 13.8. The molecule has 302 valence electrons. The zero-order valence-corrected chi connectivity index (χ0v) is 34.7. The Hall–Kier alpha value is -1.59. The van der Waals surface area contributed by atoms with Gasteiger partial charge in [0.2, 0.25) is 0 Å². The normalized spacial score (nSPS) is 12.1. The van der Waals surface area contributed by atoms with Crippen LogP contribution in [-0.4, -0.2) is 37.2 Å². The monoisotopic (exact) mass is 723 g/mol. The van der Waals surface area contributed by atoms with Crippen LogP contribution in [-0.2, 0) is 28.6 Å². The van der Waals surface area contributed by atoms with Crippen LogP contribution in [0.2, 0.25) is 0 Å². The fourth-order valence-corrected chi connectivity index (χ4v) is 6.58. The van der Waals surface area contributed by atoms with E-state index in [0.717, 1.165) is 69.6 Å². The molecule has 0 saturated heterocycles. The molecule has 0 fully saturated rings. The van der Waals surface area contributed by atoms with Gasteiger partial charge >= 0.3 is 17.9 Å². The molecule has 6 nitrogen and oxygen atoms in total. The van der Waals surface area contributed by atoms with Crippen LogP contribution in [0.4, 0.5) is 0 Å². The molecule has 51 heavy (non-hydrogen) atoms. The molecule has 0 aromatic heterocycles. The first kappa shape index (κ1) is 49.4. The molecule has 0 aromatic rings. The highest BCUT2D eigenvalue weighted by molar-refractivity contribution is 5.71. The van der Waals surface area contributed by atoms with E-state index in [2.05, 4.69) is 34.6 Å². The molecular weight excluding hydrogens is 636 g/mol. The summed E-state index contributed by atoms with van der Waals surface area (Å²) in [6.45, 7) is 11.2. The second-order valence-electron chi connectivity index (χ2n) is 16.3. The molecule has 0 bridgehead atoms. The van der Waals surface area contributed by atoms with Crippen molar-refractivity contribution in [3.05, 3.63) is 0 Å². The van der Waals surface area contributed by atoms with E-state index in [1.807, 2.05) is 0 Å². The first-order valence-electron chi connectivity index (χ1n) is 22.2. The average molecular weight is 723 g/mol. The predicted molar refractivity (Wildman–Crippen MR) is 215 cm³/mol. The summed E-state index contributed by atoms with van der Waals surface area (Å²) in [5.41, 5.74) is 0. The van der Waals surface area contributed by atoms with Crippen LogP contribution in [0.25, 0.3) is 0 Å². The van der Waals surface area contributed by atoms with Crippen LogP contribution in [0.1, 0.15) is 240 Å². The van der Waals surface area contributed by atoms with Crippen LogP contribution in [0, 0.1) is 11.8 Å². The molecule has 0 radical (unpaired) electrons. The summed E-state index contributed by atoms with van der Waals surface area (Å²) in [5.74, 6) is 0.727. The lowest BCUT2D eigenvalue weighted by molar-refractivity contribution is -0.167. The van der Waals surface area contributed by atoms with E-state index < -0.39 is 6.10 Å². The van der Waals surface area contributed by atoms with Crippen molar-refractivity contribution in [2.45, 2.75) is 246 Å². The van der Waals surface area contributed by atoms with Gasteiger partial charge in [0.05, 0.1) is 0 Å². The number of esters is 3. The van der Waals surface area contributed by atoms with Crippen LogP contribution in [0.3, 0.4) is 0 Å². The van der Waals surface area contributed by atoms with Gasteiger partial charge in [0.25, 0.3) is 0 Å². The Morgan fingerprint density at radius 2 is 0.647 bits per heavy atom. The minimum absolute atomic E-state index is 0.0660. The second-order valence-corrected chi connectivity index (χ2v) is 16.3. The van der Waals surface area contributed by atoms with Crippen LogP contribution >= 0.6 is 0 Å². The minimum atomic E-state index is -0.760. The van der Waals surface area contributed by atoms with E-state index in [4.69, 9.17) is 14.2 Å². The van der Waals surface area contributed by atoms with E-state index in [1.165, 1.54) is 128 Å². The fourth-order valence-electron chi connectivity index (χ4n) is 6.58. The zero-order valence-electron chi connectivity index (χ0n) is 34.7. The molecule has 1 atom stereocenters. The summed E-state index contributed by atoms with van der Waals surface area (Å²) in [4.78, 5) is 37.6. The molecule has 0 aliphatic carbocycles. The number of hydrogen-bond donors (Lipinski definition) is 0. The number of hydrogen-bond acceptors (Lipinski definition) is 6. The Bertz CT molecular complexity index is 779. The molecule has 0 aromatic carbocycles. The molecule has 0 unspecified atom stereocenters. The Morgan fingerprint density at radius 3 is 0.961 bits per heavy atom. The smallest absolute Gasteiger partial charge is 0.306 e. The lowest BCUT2D eigenvalue weighted by atomic mass is 10.0. The first-order chi connectivity index (χ1) is 24.7. The maximum atomic E-state index is 12.6. The zero-order chi connectivity index (χ0) is 37.6. The SMILES string of the molecule is CCCCCCCCCCCC(=O)OC[C@@H](COC(=O)CCCCCCCCCCCCCCC(C)C)OC(=O)CCCCCCCCC(C)C. The molecule has 0 N–H and O–H groups in total. The first-order valence-corrected chi connectivity index (χ1v) is 22.2. The van der Waals surface area contributed by atoms with E-state index in [9.17, 15) is 14.4 Å². The number of rotatable bonds is 39. The van der Waals surface area contributed by atoms with Crippen molar-refractivity contribution in [1.29, 1.82) is 0 Å². The quantitative estimate of drug-likeness (QED) is 0.0357. The fraction of sp³-hybridized carbons (Fsp3) is 0.933. The lowest BCUT2D eigenvalue weighted by Gasteiger charge is -2.18. The van der Waals surface area contributed by atoms with E-state index in [0.29, 0.717) is 19.3 Å². The number of carbonyl (C=O) groups is 3. The van der Waals surface area contributed by atoms with Gasteiger partial charge < -0.3 is 14.2 Å². The highest BCUT2D eigenvalue weighted by Gasteiger charge is 2.19. The standard InChI is InChI=1S/C45H86O6/c1-6-7-8-9-10-15-19-25-30-35-43(46)49-38-42(51-45(48)37-32-27-22-21-24-29-34-41(4)5)39-50-44(47)36-31-26-20-17-14-12-11-13-16-18-23-28-33-40(2)3/h40-42H,6-39H2,1-5H3/t42-/m0/s1. The van der Waals surface area contributed by atoms with Crippen molar-refractivity contribution in [2.75, 3.05) is 13.2 Å². The van der Waals surface area contributed by atoms with Gasteiger partial charge in [0, 0.05) is 19.3 Å². The lowest BCUT2D eigenvalue weighted by Crippen LogP contribution is -2.30. The van der Waals surface area contributed by atoms with Gasteiger partial charge in [-0.1, -0.05) is 202 Å². The Kier molecular flexibility index (Phi) is 37.0. The minimum Gasteiger partial charge on any atom is -0.462 e. The highest BCUT2D eigenvalue weighted by atomic mass is 16.6. The summed E-state index contributed by atoms with van der Waals surface area (Å²) in [5, 5.41) is 0. The summed E-state index contributed by atoms with van der Waals surface area (Å²) in [6, 6.07) is 0. The van der Waals surface area contributed by atoms with Gasteiger partial charge in [-0.05, 0) is 31.1 Å². The number of ether oxygens (including phenoxy) is 3. The van der Waals surface area contributed by atoms with Crippen LogP contribution in [0.5, 0.6) is 0 Å². The third-order valence-electron chi connectivity index (χ3n) is 9.97. The molecule has 0 aliphatic heterocycles. The number of carbonyl (C=O) groups excluding carboxylic acids is 3. The van der Waals surface area contributed by atoms with Gasteiger partial charge in [-0.15, -0.1) is 0 Å². The largest absolute Gasteiger partial charge is 0.462 e. The molecule has 0 heterocycles. The molecule has 0 amide bonds. The van der Waals surface area contributed by atoms with E-state index >= 15 is 0 Å². The Labute approximate surface area is 317 Å². The van der Waals surface area contributed by atoms with E-state index in [1.54, 1.807) is 0 Å². The summed E-state index contributed by atoms with van der Waals surface area (Å²) in [6.07, 6.45) is 35.3.